The highest BCUT2D eigenvalue weighted by atomic mass is 19.4. The van der Waals surface area contributed by atoms with Gasteiger partial charge in [0.2, 0.25) is 5.91 Å². The average molecular weight is 575 g/mol. The molecular weight excluding hydrogens is 545 g/mol. The van der Waals surface area contributed by atoms with Crippen LogP contribution in [0.5, 0.6) is 0 Å². The molecule has 2 heterocycles. The predicted octanol–water partition coefficient (Wildman–Crippen LogP) is 5.36. The molecule has 218 valence electrons. The average Bonchev–Trinajstić information content (AvgIpc) is 2.87. The van der Waals surface area contributed by atoms with Crippen molar-refractivity contribution in [2.45, 2.75) is 50.7 Å². The molecule has 0 aliphatic carbocycles. The number of likely N-dealkylation sites (tertiary alicyclic amines) is 1. The monoisotopic (exact) mass is 574 g/mol. The minimum absolute atomic E-state index is 0.0459. The summed E-state index contributed by atoms with van der Waals surface area (Å²) < 4.78 is 93.9. The summed E-state index contributed by atoms with van der Waals surface area (Å²) in [5, 5.41) is 2.77. The van der Waals surface area contributed by atoms with Crippen molar-refractivity contribution < 1.29 is 40.3 Å². The molecule has 0 aromatic heterocycles. The molecule has 0 bridgehead atoms. The lowest BCUT2D eigenvalue weighted by Crippen LogP contribution is -2.56. The zero-order valence-corrected chi connectivity index (χ0v) is 21.9. The van der Waals surface area contributed by atoms with Crippen LogP contribution in [-0.2, 0) is 23.7 Å². The van der Waals surface area contributed by atoms with Crippen LogP contribution >= 0.6 is 0 Å². The van der Waals surface area contributed by atoms with Gasteiger partial charge in [-0.1, -0.05) is 6.07 Å². The van der Waals surface area contributed by atoms with Gasteiger partial charge in [0.15, 0.2) is 0 Å². The summed E-state index contributed by atoms with van der Waals surface area (Å²) in [6, 6.07) is 4.24. The van der Waals surface area contributed by atoms with E-state index in [4.69, 9.17) is 0 Å². The van der Waals surface area contributed by atoms with Crippen molar-refractivity contribution in [1.82, 2.24) is 20.0 Å². The topological polar surface area (TPSA) is 55.9 Å². The molecule has 2 atom stereocenters. The van der Waals surface area contributed by atoms with Gasteiger partial charge < -0.3 is 15.1 Å². The molecule has 1 N–H and O–H groups in total. The predicted molar refractivity (Wildman–Crippen MR) is 131 cm³/mol. The molecule has 0 unspecified atom stereocenters. The van der Waals surface area contributed by atoms with Gasteiger partial charge in [-0.2, -0.15) is 26.3 Å². The van der Waals surface area contributed by atoms with Crippen molar-refractivity contribution in [1.29, 1.82) is 0 Å². The molecule has 2 aliphatic heterocycles. The summed E-state index contributed by atoms with van der Waals surface area (Å²) >= 11 is 0. The lowest BCUT2D eigenvalue weighted by molar-refractivity contribution is -0.143. The fraction of sp³-hybridized carbons (Fsp3) is 0.481. The number of piperidine rings is 1. The van der Waals surface area contributed by atoms with Crippen LogP contribution in [-0.4, -0.2) is 65.9 Å². The summed E-state index contributed by atoms with van der Waals surface area (Å²) in [5.41, 5.74) is -1.96. The number of benzene rings is 2. The molecule has 2 aliphatic rings. The molecule has 13 heteroatoms. The van der Waals surface area contributed by atoms with Crippen molar-refractivity contribution in [3.05, 3.63) is 70.0 Å². The number of hydrogen-bond acceptors (Lipinski definition) is 3. The van der Waals surface area contributed by atoms with Crippen molar-refractivity contribution in [3.8, 4) is 0 Å². The lowest BCUT2D eigenvalue weighted by atomic mass is 9.88. The van der Waals surface area contributed by atoms with E-state index in [1.54, 1.807) is 13.0 Å². The molecule has 2 fully saturated rings. The summed E-state index contributed by atoms with van der Waals surface area (Å²) in [6.07, 6.45) is -9.08. The van der Waals surface area contributed by atoms with E-state index in [1.807, 2.05) is 4.90 Å². The first-order valence-electron chi connectivity index (χ1n) is 12.7. The third kappa shape index (κ3) is 6.68. The van der Waals surface area contributed by atoms with Gasteiger partial charge >= 0.3 is 18.4 Å². The van der Waals surface area contributed by atoms with Gasteiger partial charge in [0.05, 0.1) is 23.7 Å². The molecular formula is C27H29F7N4O2. The smallest absolute Gasteiger partial charge is 0.354 e. The van der Waals surface area contributed by atoms with Gasteiger partial charge in [-0.25, -0.2) is 9.18 Å². The number of amides is 3. The van der Waals surface area contributed by atoms with Gasteiger partial charge in [-0.15, -0.1) is 0 Å². The van der Waals surface area contributed by atoms with Crippen molar-refractivity contribution >= 4 is 11.9 Å². The van der Waals surface area contributed by atoms with Gasteiger partial charge in [-0.05, 0) is 66.8 Å². The van der Waals surface area contributed by atoms with Crippen molar-refractivity contribution in [2.75, 3.05) is 33.2 Å². The standard InChI is InChI=1S/C27H29F7N4O2/c1-16-9-20(28)3-4-22(16)23-13-21(37-8-6-35-24(39)15-37)5-7-38(23)25(40)36(2)14-17-10-18(26(29,30)31)12-19(11-17)27(32,33)34/h3-4,9-12,21,23H,5-8,13-15H2,1-2H3,(H,35,39)/t21-,23-/m1/s1. The third-order valence-electron chi connectivity index (χ3n) is 7.39. The maximum atomic E-state index is 13.9. The van der Waals surface area contributed by atoms with E-state index in [2.05, 4.69) is 5.32 Å². The Labute approximate surface area is 226 Å². The number of urea groups is 1. The minimum atomic E-state index is -5.00. The molecule has 2 aromatic carbocycles. The highest BCUT2D eigenvalue weighted by molar-refractivity contribution is 5.78. The second kappa shape index (κ2) is 11.3. The van der Waals surface area contributed by atoms with Crippen LogP contribution in [0.1, 0.15) is 46.7 Å². The molecule has 3 amide bonds. The molecule has 4 rings (SSSR count). The second-order valence-corrected chi connectivity index (χ2v) is 10.3. The number of rotatable bonds is 4. The van der Waals surface area contributed by atoms with Gasteiger partial charge in [0.1, 0.15) is 5.82 Å². The number of nitrogens with one attached hydrogen (secondary N) is 1. The number of carbonyl (C=O) groups is 2. The summed E-state index contributed by atoms with van der Waals surface area (Å²) in [4.78, 5) is 30.2. The Bertz CT molecular complexity index is 1230. The Morgan fingerprint density at radius 3 is 2.25 bits per heavy atom. The fourth-order valence-electron chi connectivity index (χ4n) is 5.46. The second-order valence-electron chi connectivity index (χ2n) is 10.3. The molecule has 0 saturated carbocycles. The zero-order valence-electron chi connectivity index (χ0n) is 21.9. The van der Waals surface area contributed by atoms with E-state index < -0.39 is 47.9 Å². The van der Waals surface area contributed by atoms with Crippen LogP contribution in [0.15, 0.2) is 36.4 Å². The first-order valence-corrected chi connectivity index (χ1v) is 12.7. The molecule has 0 radical (unpaired) electrons. The quantitative estimate of drug-likeness (QED) is 0.501. The Morgan fingerprint density at radius 2 is 1.68 bits per heavy atom. The van der Waals surface area contributed by atoms with Crippen molar-refractivity contribution in [2.24, 2.45) is 0 Å². The first kappa shape index (κ1) is 29.6. The van der Waals surface area contributed by atoms with E-state index >= 15 is 0 Å². The zero-order chi connectivity index (χ0) is 29.4. The van der Waals surface area contributed by atoms with Crippen LogP contribution in [0.3, 0.4) is 0 Å². The van der Waals surface area contributed by atoms with Gasteiger partial charge in [0, 0.05) is 39.3 Å². The number of halogens is 7. The SMILES string of the molecule is Cc1cc(F)ccc1[C@H]1C[C@H](N2CCNC(=O)C2)CCN1C(=O)N(C)Cc1cc(C(F)(F)F)cc(C(F)(F)F)c1. The number of carbonyl (C=O) groups excluding carboxylic acids is 2. The highest BCUT2D eigenvalue weighted by Gasteiger charge is 2.39. The van der Waals surface area contributed by atoms with Gasteiger partial charge in [0.25, 0.3) is 0 Å². The number of piperazine rings is 1. The molecule has 0 spiro atoms. The number of nitrogens with zero attached hydrogens (tertiary/aromatic N) is 3. The third-order valence-corrected chi connectivity index (χ3v) is 7.39. The molecule has 2 aromatic rings. The Balaban J connectivity index is 1.61. The first-order chi connectivity index (χ1) is 18.6. The maximum Gasteiger partial charge on any atom is 0.416 e. The van der Waals surface area contributed by atoms with Crippen LogP contribution < -0.4 is 5.32 Å². The van der Waals surface area contributed by atoms with Gasteiger partial charge in [-0.3, -0.25) is 9.69 Å². The summed E-state index contributed by atoms with van der Waals surface area (Å²) in [5.74, 6) is -0.570. The van der Waals surface area contributed by atoms with Crippen LogP contribution in [0.25, 0.3) is 0 Å². The minimum Gasteiger partial charge on any atom is -0.354 e. The molecule has 2 saturated heterocycles. The summed E-state index contributed by atoms with van der Waals surface area (Å²) in [7, 11) is 1.31. The molecule has 6 nitrogen and oxygen atoms in total. The Morgan fingerprint density at radius 1 is 1.02 bits per heavy atom. The number of hydrogen-bond donors (Lipinski definition) is 1. The van der Waals surface area contributed by atoms with E-state index in [1.165, 1.54) is 24.1 Å². The Kier molecular flexibility index (Phi) is 8.34. The maximum absolute atomic E-state index is 13.9. The number of aryl methyl sites for hydroxylation is 1. The van der Waals surface area contributed by atoms with Crippen LogP contribution in [0, 0.1) is 12.7 Å². The van der Waals surface area contributed by atoms with E-state index in [-0.39, 0.29) is 36.7 Å². The van der Waals surface area contributed by atoms with E-state index in [9.17, 15) is 40.3 Å². The van der Waals surface area contributed by atoms with Crippen LogP contribution in [0.4, 0.5) is 35.5 Å². The van der Waals surface area contributed by atoms with Crippen molar-refractivity contribution in [3.63, 3.8) is 0 Å². The van der Waals surface area contributed by atoms with Crippen LogP contribution in [0.2, 0.25) is 0 Å². The molecule has 40 heavy (non-hydrogen) atoms. The fourth-order valence-corrected chi connectivity index (χ4v) is 5.46. The normalized spacial score (nSPS) is 20.8. The number of alkyl halides is 6. The lowest BCUT2D eigenvalue weighted by Gasteiger charge is -2.45. The largest absolute Gasteiger partial charge is 0.416 e. The van der Waals surface area contributed by atoms with E-state index in [0.29, 0.717) is 49.2 Å². The Hall–Kier alpha value is -3.35. The van der Waals surface area contributed by atoms with E-state index in [0.717, 1.165) is 4.90 Å². The highest BCUT2D eigenvalue weighted by Crippen LogP contribution is 2.38. The summed E-state index contributed by atoms with van der Waals surface area (Å²) in [6.45, 7) is 2.74.